The Morgan fingerprint density at radius 3 is 2.70 bits per heavy atom. The number of hydrogen-bond donors (Lipinski definition) is 1. The fourth-order valence-corrected chi connectivity index (χ4v) is 4.68. The number of nitrogens with one attached hydrogen (secondary N) is 1. The highest BCUT2D eigenvalue weighted by molar-refractivity contribution is 7.89. The molecule has 0 aromatic heterocycles. The van der Waals surface area contributed by atoms with Gasteiger partial charge in [0, 0.05) is 16.9 Å². The van der Waals surface area contributed by atoms with Gasteiger partial charge in [0.05, 0.1) is 5.02 Å². The van der Waals surface area contributed by atoms with Crippen LogP contribution < -0.4 is 4.72 Å². The first kappa shape index (κ1) is 16.4. The summed E-state index contributed by atoms with van der Waals surface area (Å²) in [5.41, 5.74) is 0. The molecule has 1 aromatic rings. The third kappa shape index (κ3) is 4.25. The molecule has 0 bridgehead atoms. The van der Waals surface area contributed by atoms with Crippen LogP contribution in [-0.4, -0.2) is 20.3 Å². The Morgan fingerprint density at radius 2 is 2.00 bits per heavy atom. The van der Waals surface area contributed by atoms with Gasteiger partial charge in [-0.25, -0.2) is 13.1 Å². The summed E-state index contributed by atoms with van der Waals surface area (Å²) < 4.78 is 27.1. The predicted molar refractivity (Wildman–Crippen MR) is 83.2 cm³/mol. The first-order valence-corrected chi connectivity index (χ1v) is 9.15. The lowest BCUT2D eigenvalue weighted by Gasteiger charge is -2.25. The monoisotopic (exact) mass is 355 g/mol. The van der Waals surface area contributed by atoms with Gasteiger partial charge in [0.15, 0.2) is 0 Å². The molecule has 0 saturated heterocycles. The largest absolute Gasteiger partial charge is 0.242 e. The molecule has 1 aliphatic carbocycles. The second kappa shape index (κ2) is 6.84. The molecule has 1 aliphatic rings. The van der Waals surface area contributed by atoms with E-state index in [0.717, 1.165) is 25.7 Å². The van der Waals surface area contributed by atoms with Gasteiger partial charge in [0.25, 0.3) is 0 Å². The lowest BCUT2D eigenvalue weighted by molar-refractivity contribution is 0.361. The smallest absolute Gasteiger partial charge is 0.211 e. The van der Waals surface area contributed by atoms with E-state index in [-0.39, 0.29) is 21.2 Å². The number of alkyl halides is 1. The average molecular weight is 357 g/mol. The lowest BCUT2D eigenvalue weighted by atomic mass is 9.89. The molecule has 7 heteroatoms. The van der Waals surface area contributed by atoms with E-state index in [1.54, 1.807) is 6.07 Å². The van der Waals surface area contributed by atoms with Crippen LogP contribution in [0.1, 0.15) is 25.7 Å². The van der Waals surface area contributed by atoms with Gasteiger partial charge >= 0.3 is 0 Å². The van der Waals surface area contributed by atoms with Crippen LogP contribution in [0.2, 0.25) is 10.0 Å². The molecule has 1 aromatic carbocycles. The van der Waals surface area contributed by atoms with Crippen molar-refractivity contribution in [3.8, 4) is 0 Å². The van der Waals surface area contributed by atoms with Gasteiger partial charge in [-0.05, 0) is 43.4 Å². The Morgan fingerprint density at radius 1 is 1.25 bits per heavy atom. The fourth-order valence-electron chi connectivity index (χ4n) is 2.40. The third-order valence-corrected chi connectivity index (χ3v) is 6.00. The minimum absolute atomic E-state index is 0.0184. The fraction of sp³-hybridized carbons (Fsp3) is 0.538. The van der Waals surface area contributed by atoms with Crippen LogP contribution in [0.15, 0.2) is 23.1 Å². The highest BCUT2D eigenvalue weighted by Gasteiger charge is 2.24. The molecule has 3 nitrogen and oxygen atoms in total. The molecule has 112 valence electrons. The molecule has 0 aliphatic heterocycles. The van der Waals surface area contributed by atoms with Crippen molar-refractivity contribution in [2.24, 2.45) is 5.92 Å². The molecule has 0 heterocycles. The summed E-state index contributed by atoms with van der Waals surface area (Å²) in [5, 5.41) is 0.655. The van der Waals surface area contributed by atoms with Gasteiger partial charge in [0.2, 0.25) is 10.0 Å². The van der Waals surface area contributed by atoms with Crippen LogP contribution in [0, 0.1) is 5.92 Å². The zero-order valence-electron chi connectivity index (χ0n) is 10.8. The maximum Gasteiger partial charge on any atom is 0.242 e. The zero-order chi connectivity index (χ0) is 14.8. The van der Waals surface area contributed by atoms with E-state index < -0.39 is 10.0 Å². The minimum Gasteiger partial charge on any atom is -0.211 e. The number of benzene rings is 1. The van der Waals surface area contributed by atoms with E-state index >= 15 is 0 Å². The molecule has 0 amide bonds. The van der Waals surface area contributed by atoms with Crippen LogP contribution in [0.3, 0.4) is 0 Å². The molecule has 2 rings (SSSR count). The number of sulfonamides is 1. The van der Waals surface area contributed by atoms with Gasteiger partial charge in [0.1, 0.15) is 4.90 Å². The SMILES string of the molecule is O=S(=O)(NCC1CCCC(Cl)C1)c1cc(Cl)ccc1Cl. The molecule has 0 spiro atoms. The molecular formula is C13H16Cl3NO2S. The zero-order valence-corrected chi connectivity index (χ0v) is 13.9. The topological polar surface area (TPSA) is 46.2 Å². The van der Waals surface area contributed by atoms with E-state index in [2.05, 4.69) is 4.72 Å². The Hall–Kier alpha value is -0.000000000000000167. The van der Waals surface area contributed by atoms with Gasteiger partial charge < -0.3 is 0 Å². The van der Waals surface area contributed by atoms with Crippen LogP contribution in [0.5, 0.6) is 0 Å². The second-order valence-electron chi connectivity index (χ2n) is 5.06. The minimum atomic E-state index is -3.64. The van der Waals surface area contributed by atoms with Crippen LogP contribution in [0.25, 0.3) is 0 Å². The van der Waals surface area contributed by atoms with Gasteiger partial charge in [-0.3, -0.25) is 0 Å². The van der Waals surface area contributed by atoms with Crippen molar-refractivity contribution in [1.82, 2.24) is 4.72 Å². The van der Waals surface area contributed by atoms with Gasteiger partial charge in [-0.1, -0.05) is 29.6 Å². The summed E-state index contributed by atoms with van der Waals surface area (Å²) in [6.07, 6.45) is 3.88. The Balaban J connectivity index is 2.05. The Labute approximate surface area is 134 Å². The van der Waals surface area contributed by atoms with E-state index in [0.29, 0.717) is 11.6 Å². The van der Waals surface area contributed by atoms with E-state index in [4.69, 9.17) is 34.8 Å². The predicted octanol–water partition coefficient (Wildman–Crippen LogP) is 4.07. The van der Waals surface area contributed by atoms with Crippen molar-refractivity contribution in [2.75, 3.05) is 6.54 Å². The van der Waals surface area contributed by atoms with Gasteiger partial charge in [-0.2, -0.15) is 0 Å². The number of rotatable bonds is 4. The third-order valence-electron chi connectivity index (χ3n) is 3.46. The molecule has 1 fully saturated rings. The molecule has 1 N–H and O–H groups in total. The van der Waals surface area contributed by atoms with E-state index in [1.807, 2.05) is 0 Å². The molecule has 1 saturated carbocycles. The molecule has 2 atom stereocenters. The quantitative estimate of drug-likeness (QED) is 0.827. The Bertz CT molecular complexity index is 577. The summed E-state index contributed by atoms with van der Waals surface area (Å²) in [5.74, 6) is 0.277. The van der Waals surface area contributed by atoms with Crippen molar-refractivity contribution in [3.63, 3.8) is 0 Å². The van der Waals surface area contributed by atoms with Crippen molar-refractivity contribution >= 4 is 44.8 Å². The molecule has 20 heavy (non-hydrogen) atoms. The lowest BCUT2D eigenvalue weighted by Crippen LogP contribution is -2.32. The number of halogens is 3. The maximum atomic E-state index is 12.2. The van der Waals surface area contributed by atoms with Gasteiger partial charge in [-0.15, -0.1) is 11.6 Å². The summed E-state index contributed by atoms with van der Waals surface area (Å²) in [7, 11) is -3.64. The molecule has 0 radical (unpaired) electrons. The van der Waals surface area contributed by atoms with Crippen molar-refractivity contribution < 1.29 is 8.42 Å². The van der Waals surface area contributed by atoms with Crippen LogP contribution >= 0.6 is 34.8 Å². The van der Waals surface area contributed by atoms with E-state index in [9.17, 15) is 8.42 Å². The van der Waals surface area contributed by atoms with Crippen molar-refractivity contribution in [3.05, 3.63) is 28.2 Å². The van der Waals surface area contributed by atoms with Crippen molar-refractivity contribution in [2.45, 2.75) is 36.0 Å². The molecular weight excluding hydrogens is 341 g/mol. The highest BCUT2D eigenvalue weighted by Crippen LogP contribution is 2.28. The summed E-state index contributed by atoms with van der Waals surface area (Å²) in [6, 6.07) is 4.40. The summed E-state index contributed by atoms with van der Waals surface area (Å²) >= 11 is 17.9. The first-order chi connectivity index (χ1) is 9.38. The van der Waals surface area contributed by atoms with E-state index in [1.165, 1.54) is 12.1 Å². The van der Waals surface area contributed by atoms with Crippen LogP contribution in [-0.2, 0) is 10.0 Å². The summed E-state index contributed by atoms with van der Waals surface area (Å²) in [4.78, 5) is 0.0184. The average Bonchev–Trinajstić information content (AvgIpc) is 2.39. The normalized spacial score (nSPS) is 23.8. The highest BCUT2D eigenvalue weighted by atomic mass is 35.5. The maximum absolute atomic E-state index is 12.2. The Kier molecular flexibility index (Phi) is 5.60. The molecule has 2 unspecified atom stereocenters. The summed E-state index contributed by atoms with van der Waals surface area (Å²) in [6.45, 7) is 0.383. The number of hydrogen-bond acceptors (Lipinski definition) is 2. The second-order valence-corrected chi connectivity index (χ2v) is 8.25. The first-order valence-electron chi connectivity index (χ1n) is 6.47. The van der Waals surface area contributed by atoms with Crippen molar-refractivity contribution in [1.29, 1.82) is 0 Å². The van der Waals surface area contributed by atoms with Crippen LogP contribution in [0.4, 0.5) is 0 Å². The standard InChI is InChI=1S/C13H16Cl3NO2S/c14-10-3-1-2-9(6-10)8-17-20(18,19)13-7-11(15)4-5-12(13)16/h4-5,7,9-10,17H,1-3,6,8H2.